The van der Waals surface area contributed by atoms with Crippen molar-refractivity contribution in [3.8, 4) is 5.75 Å². The molecule has 0 heterocycles. The lowest BCUT2D eigenvalue weighted by atomic mass is 10.2. The first-order valence-electron chi connectivity index (χ1n) is 5.38. The first-order valence-corrected chi connectivity index (χ1v) is 5.76. The molecule has 0 spiro atoms. The van der Waals surface area contributed by atoms with Crippen LogP contribution in [0.1, 0.15) is 20.7 Å². The smallest absolute Gasteiger partial charge is 0.345 e. The van der Waals surface area contributed by atoms with Gasteiger partial charge < -0.3 is 9.84 Å². The van der Waals surface area contributed by atoms with Gasteiger partial charge in [0.25, 0.3) is 0 Å². The van der Waals surface area contributed by atoms with Gasteiger partial charge in [0, 0.05) is 0 Å². The molecule has 0 aliphatic carbocycles. The lowest BCUT2D eigenvalue weighted by molar-refractivity contribution is 0.0696. The van der Waals surface area contributed by atoms with Crippen LogP contribution in [0.25, 0.3) is 0 Å². The van der Waals surface area contributed by atoms with Gasteiger partial charge in [0.2, 0.25) is 0 Å². The third kappa shape index (κ3) is 3.11. The summed E-state index contributed by atoms with van der Waals surface area (Å²) in [6.07, 6.45) is 0. The molecule has 0 radical (unpaired) electrons. The molecule has 0 unspecified atom stereocenters. The van der Waals surface area contributed by atoms with Crippen LogP contribution < -0.4 is 4.74 Å². The van der Waals surface area contributed by atoms with Gasteiger partial charge in [-0.2, -0.15) is 0 Å². The first kappa shape index (κ1) is 13.1. The van der Waals surface area contributed by atoms with Crippen LogP contribution in [0.3, 0.4) is 0 Å². The normalized spacial score (nSPS) is 9.95. The lowest BCUT2D eigenvalue weighted by Crippen LogP contribution is -2.09. The van der Waals surface area contributed by atoms with E-state index in [1.54, 1.807) is 24.3 Å². The highest BCUT2D eigenvalue weighted by Gasteiger charge is 2.12. The zero-order chi connectivity index (χ0) is 13.8. The summed E-state index contributed by atoms with van der Waals surface area (Å²) in [5.74, 6) is -1.37. The van der Waals surface area contributed by atoms with Gasteiger partial charge in [-0.15, -0.1) is 0 Å². The van der Waals surface area contributed by atoms with Gasteiger partial charge in [-0.05, 0) is 36.4 Å². The summed E-state index contributed by atoms with van der Waals surface area (Å²) in [5.41, 5.74) is 0.379. The van der Waals surface area contributed by atoms with Crippen molar-refractivity contribution in [3.05, 3.63) is 64.7 Å². The van der Waals surface area contributed by atoms with Crippen molar-refractivity contribution in [2.45, 2.75) is 0 Å². The average molecular weight is 277 g/mol. The third-order valence-corrected chi connectivity index (χ3v) is 2.74. The molecule has 0 saturated carbocycles. The largest absolute Gasteiger partial charge is 0.478 e. The lowest BCUT2D eigenvalue weighted by Gasteiger charge is -2.05. The quantitative estimate of drug-likeness (QED) is 0.690. The molecule has 2 aromatic carbocycles. The highest BCUT2D eigenvalue weighted by molar-refractivity contribution is 6.33. The number of carbonyl (C=O) groups excluding carboxylic acids is 1. The Labute approximate surface area is 114 Å². The van der Waals surface area contributed by atoms with Crippen molar-refractivity contribution >= 4 is 23.5 Å². The number of esters is 1. The second kappa shape index (κ2) is 5.54. The first-order chi connectivity index (χ1) is 9.08. The van der Waals surface area contributed by atoms with Crippen LogP contribution in [0.15, 0.2) is 48.5 Å². The Morgan fingerprint density at radius 2 is 1.63 bits per heavy atom. The van der Waals surface area contributed by atoms with Gasteiger partial charge in [-0.1, -0.05) is 23.7 Å². The second-order valence-corrected chi connectivity index (χ2v) is 4.11. The van der Waals surface area contributed by atoms with Crippen molar-refractivity contribution < 1.29 is 19.4 Å². The van der Waals surface area contributed by atoms with Gasteiger partial charge in [-0.25, -0.2) is 9.59 Å². The molecule has 4 nitrogen and oxygen atoms in total. The Morgan fingerprint density at radius 3 is 2.21 bits per heavy atom. The summed E-state index contributed by atoms with van der Waals surface area (Å²) in [6, 6.07) is 12.1. The summed E-state index contributed by atoms with van der Waals surface area (Å²) in [5, 5.41) is 9.05. The van der Waals surface area contributed by atoms with Crippen LogP contribution in [0, 0.1) is 0 Å². The van der Waals surface area contributed by atoms with Crippen molar-refractivity contribution in [2.75, 3.05) is 0 Å². The standard InChI is InChI=1S/C14H9ClO4/c15-12-4-2-1-3-11(12)14(18)19-10-7-5-9(6-8-10)13(16)17/h1-8H,(H,16,17). The summed E-state index contributed by atoms with van der Waals surface area (Å²) in [4.78, 5) is 22.5. The fourth-order valence-corrected chi connectivity index (χ4v) is 1.67. The molecular weight excluding hydrogens is 268 g/mol. The predicted molar refractivity (Wildman–Crippen MR) is 69.8 cm³/mol. The molecule has 0 fully saturated rings. The van der Waals surface area contributed by atoms with Gasteiger partial charge in [0.15, 0.2) is 0 Å². The maximum Gasteiger partial charge on any atom is 0.345 e. The molecule has 0 amide bonds. The fourth-order valence-electron chi connectivity index (χ4n) is 1.45. The minimum atomic E-state index is -1.04. The molecule has 2 rings (SSSR count). The SMILES string of the molecule is O=C(O)c1ccc(OC(=O)c2ccccc2Cl)cc1. The van der Waals surface area contributed by atoms with E-state index in [0.29, 0.717) is 5.02 Å². The number of carboxylic acids is 1. The fraction of sp³-hybridized carbons (Fsp3) is 0. The molecule has 0 saturated heterocycles. The van der Waals surface area contributed by atoms with Crippen LogP contribution in [0.4, 0.5) is 0 Å². The van der Waals surface area contributed by atoms with E-state index in [1.807, 2.05) is 0 Å². The van der Waals surface area contributed by atoms with E-state index < -0.39 is 11.9 Å². The van der Waals surface area contributed by atoms with E-state index in [9.17, 15) is 9.59 Å². The van der Waals surface area contributed by atoms with Crippen LogP contribution in [0.5, 0.6) is 5.75 Å². The molecule has 0 aromatic heterocycles. The van der Waals surface area contributed by atoms with Crippen LogP contribution in [-0.4, -0.2) is 17.0 Å². The van der Waals surface area contributed by atoms with Crippen molar-refractivity contribution in [3.63, 3.8) is 0 Å². The van der Waals surface area contributed by atoms with Gasteiger partial charge >= 0.3 is 11.9 Å². The van der Waals surface area contributed by atoms with Gasteiger partial charge in [0.1, 0.15) is 5.75 Å². The monoisotopic (exact) mass is 276 g/mol. The Bertz CT molecular complexity index is 620. The number of benzene rings is 2. The average Bonchev–Trinajstić information content (AvgIpc) is 2.39. The van der Waals surface area contributed by atoms with E-state index in [4.69, 9.17) is 21.4 Å². The Balaban J connectivity index is 2.15. The van der Waals surface area contributed by atoms with Crippen molar-refractivity contribution in [1.82, 2.24) is 0 Å². The van der Waals surface area contributed by atoms with Crippen molar-refractivity contribution in [2.24, 2.45) is 0 Å². The molecule has 1 N–H and O–H groups in total. The third-order valence-electron chi connectivity index (χ3n) is 2.41. The molecule has 5 heteroatoms. The van der Waals surface area contributed by atoms with E-state index in [-0.39, 0.29) is 16.9 Å². The minimum absolute atomic E-state index is 0.123. The summed E-state index contributed by atoms with van der Waals surface area (Å²) >= 11 is 5.87. The molecule has 19 heavy (non-hydrogen) atoms. The summed E-state index contributed by atoms with van der Waals surface area (Å²) in [7, 11) is 0. The number of hydrogen-bond acceptors (Lipinski definition) is 3. The molecule has 0 atom stereocenters. The van der Waals surface area contributed by atoms with Gasteiger partial charge in [-0.3, -0.25) is 0 Å². The number of halogens is 1. The molecule has 2 aromatic rings. The number of carbonyl (C=O) groups is 2. The highest BCUT2D eigenvalue weighted by atomic mass is 35.5. The number of carboxylic acid groups (broad SMARTS) is 1. The highest BCUT2D eigenvalue weighted by Crippen LogP contribution is 2.19. The van der Waals surface area contributed by atoms with Crippen LogP contribution >= 0.6 is 11.6 Å². The Morgan fingerprint density at radius 1 is 1.00 bits per heavy atom. The van der Waals surface area contributed by atoms with E-state index in [2.05, 4.69) is 0 Å². The number of rotatable bonds is 3. The van der Waals surface area contributed by atoms with Crippen molar-refractivity contribution in [1.29, 1.82) is 0 Å². The minimum Gasteiger partial charge on any atom is -0.478 e. The van der Waals surface area contributed by atoms with E-state index in [0.717, 1.165) is 0 Å². The number of ether oxygens (including phenoxy) is 1. The molecule has 0 aliphatic rings. The maximum atomic E-state index is 11.8. The molecular formula is C14H9ClO4. The second-order valence-electron chi connectivity index (χ2n) is 3.70. The molecule has 0 aliphatic heterocycles. The topological polar surface area (TPSA) is 63.6 Å². The summed E-state index contributed by atoms with van der Waals surface area (Å²) in [6.45, 7) is 0. The molecule has 96 valence electrons. The number of hydrogen-bond donors (Lipinski definition) is 1. The van der Waals surface area contributed by atoms with Crippen LogP contribution in [0.2, 0.25) is 5.02 Å². The van der Waals surface area contributed by atoms with Gasteiger partial charge in [0.05, 0.1) is 16.1 Å². The Hall–Kier alpha value is -2.33. The maximum absolute atomic E-state index is 11.8. The predicted octanol–water partition coefficient (Wildman–Crippen LogP) is 3.26. The zero-order valence-electron chi connectivity index (χ0n) is 9.67. The Kier molecular flexibility index (Phi) is 3.82. The summed E-state index contributed by atoms with van der Waals surface area (Å²) < 4.78 is 5.10. The van der Waals surface area contributed by atoms with Crippen LogP contribution in [-0.2, 0) is 0 Å². The zero-order valence-corrected chi connectivity index (χ0v) is 10.4. The number of aromatic carboxylic acids is 1. The van der Waals surface area contributed by atoms with E-state index in [1.165, 1.54) is 24.3 Å². The van der Waals surface area contributed by atoms with E-state index >= 15 is 0 Å². The molecule has 0 bridgehead atoms.